The molecule has 1 saturated carbocycles. The third kappa shape index (κ3) is 4.24. The molecule has 2 atom stereocenters. The van der Waals surface area contributed by atoms with Crippen LogP contribution in [0, 0.1) is 17.2 Å². The Balaban J connectivity index is 1.81. The van der Waals surface area contributed by atoms with Crippen molar-refractivity contribution in [2.75, 3.05) is 0 Å². The number of amides is 1. The summed E-state index contributed by atoms with van der Waals surface area (Å²) in [5.74, 6) is 0.508. The summed E-state index contributed by atoms with van der Waals surface area (Å²) in [6, 6.07) is 17.6. The molecule has 128 valence electrons. The first-order chi connectivity index (χ1) is 12.2. The molecule has 1 fully saturated rings. The maximum absolute atomic E-state index is 12.8. The van der Waals surface area contributed by atoms with Crippen molar-refractivity contribution in [2.45, 2.75) is 48.4 Å². The van der Waals surface area contributed by atoms with E-state index in [2.05, 4.69) is 18.3 Å². The monoisotopic (exact) mass is 350 g/mol. The number of benzene rings is 2. The lowest BCUT2D eigenvalue weighted by Crippen LogP contribution is -2.41. The molecule has 2 aromatic rings. The van der Waals surface area contributed by atoms with Crippen molar-refractivity contribution in [3.05, 3.63) is 59.7 Å². The number of carbonyl (C=O) groups excluding carboxylic acids is 1. The Bertz CT molecular complexity index is 796. The first-order valence-corrected chi connectivity index (χ1v) is 9.57. The van der Waals surface area contributed by atoms with Gasteiger partial charge in [-0.1, -0.05) is 55.8 Å². The SMILES string of the molecule is CC1CCCCC1NC(=O)c1ccccc1Sc1ccccc1C#N. The van der Waals surface area contributed by atoms with Crippen LogP contribution in [-0.4, -0.2) is 11.9 Å². The lowest BCUT2D eigenvalue weighted by molar-refractivity contribution is 0.0907. The molecular weight excluding hydrogens is 328 g/mol. The van der Waals surface area contributed by atoms with Gasteiger partial charge in [-0.3, -0.25) is 4.79 Å². The maximum Gasteiger partial charge on any atom is 0.252 e. The van der Waals surface area contributed by atoms with Crippen LogP contribution in [0.15, 0.2) is 58.3 Å². The average molecular weight is 350 g/mol. The molecule has 1 aliphatic rings. The molecule has 0 radical (unpaired) electrons. The molecule has 2 unspecified atom stereocenters. The van der Waals surface area contributed by atoms with Crippen molar-refractivity contribution in [3.63, 3.8) is 0 Å². The second-order valence-electron chi connectivity index (χ2n) is 6.55. The highest BCUT2D eigenvalue weighted by atomic mass is 32.2. The summed E-state index contributed by atoms with van der Waals surface area (Å²) < 4.78 is 0. The van der Waals surface area contributed by atoms with Gasteiger partial charge < -0.3 is 5.32 Å². The Labute approximate surface area is 153 Å². The van der Waals surface area contributed by atoms with Gasteiger partial charge in [0.15, 0.2) is 0 Å². The van der Waals surface area contributed by atoms with Crippen molar-refractivity contribution in [1.29, 1.82) is 5.26 Å². The normalized spacial score (nSPS) is 19.8. The molecule has 0 saturated heterocycles. The Morgan fingerprint density at radius 2 is 1.76 bits per heavy atom. The van der Waals surface area contributed by atoms with Crippen LogP contribution in [0.1, 0.15) is 48.5 Å². The molecule has 0 heterocycles. The van der Waals surface area contributed by atoms with Crippen LogP contribution >= 0.6 is 11.8 Å². The zero-order valence-corrected chi connectivity index (χ0v) is 15.2. The lowest BCUT2D eigenvalue weighted by Gasteiger charge is -2.29. The molecule has 4 heteroatoms. The molecule has 0 bridgehead atoms. The number of hydrogen-bond acceptors (Lipinski definition) is 3. The van der Waals surface area contributed by atoms with Gasteiger partial charge in [-0.2, -0.15) is 5.26 Å². The highest BCUT2D eigenvalue weighted by molar-refractivity contribution is 7.99. The van der Waals surface area contributed by atoms with Gasteiger partial charge in [0.1, 0.15) is 6.07 Å². The van der Waals surface area contributed by atoms with Crippen LogP contribution in [0.2, 0.25) is 0 Å². The number of nitriles is 1. The van der Waals surface area contributed by atoms with Crippen molar-refractivity contribution in [3.8, 4) is 6.07 Å². The van der Waals surface area contributed by atoms with E-state index in [1.165, 1.54) is 31.0 Å². The zero-order valence-electron chi connectivity index (χ0n) is 14.4. The fourth-order valence-corrected chi connectivity index (χ4v) is 4.31. The Morgan fingerprint density at radius 3 is 2.52 bits per heavy atom. The highest BCUT2D eigenvalue weighted by Crippen LogP contribution is 2.33. The molecule has 3 rings (SSSR count). The van der Waals surface area contributed by atoms with E-state index < -0.39 is 0 Å². The van der Waals surface area contributed by atoms with E-state index in [9.17, 15) is 10.1 Å². The Hall–Kier alpha value is -2.25. The van der Waals surface area contributed by atoms with Gasteiger partial charge in [-0.05, 0) is 43.0 Å². The quantitative estimate of drug-likeness (QED) is 0.842. The minimum atomic E-state index is -0.0173. The number of rotatable bonds is 4. The fraction of sp³-hybridized carbons (Fsp3) is 0.333. The van der Waals surface area contributed by atoms with Gasteiger partial charge >= 0.3 is 0 Å². The minimum absolute atomic E-state index is 0.0173. The van der Waals surface area contributed by atoms with E-state index in [0.29, 0.717) is 17.0 Å². The number of nitrogens with one attached hydrogen (secondary N) is 1. The van der Waals surface area contributed by atoms with Gasteiger partial charge in [-0.25, -0.2) is 0 Å². The third-order valence-electron chi connectivity index (χ3n) is 4.79. The van der Waals surface area contributed by atoms with Gasteiger partial charge in [0.25, 0.3) is 5.91 Å². The summed E-state index contributed by atoms with van der Waals surface area (Å²) in [5.41, 5.74) is 1.31. The summed E-state index contributed by atoms with van der Waals surface area (Å²) >= 11 is 1.47. The van der Waals surface area contributed by atoms with E-state index in [0.717, 1.165) is 16.2 Å². The molecular formula is C21H22N2OS. The van der Waals surface area contributed by atoms with Crippen molar-refractivity contribution in [2.24, 2.45) is 5.92 Å². The van der Waals surface area contributed by atoms with Crippen LogP contribution in [0.5, 0.6) is 0 Å². The molecule has 1 amide bonds. The Morgan fingerprint density at radius 1 is 1.08 bits per heavy atom. The van der Waals surface area contributed by atoms with E-state index >= 15 is 0 Å². The summed E-state index contributed by atoms with van der Waals surface area (Å²) in [5, 5.41) is 12.5. The van der Waals surface area contributed by atoms with Crippen LogP contribution in [0.3, 0.4) is 0 Å². The van der Waals surface area contributed by atoms with E-state index in [4.69, 9.17) is 0 Å². The third-order valence-corrected chi connectivity index (χ3v) is 5.94. The Kier molecular flexibility index (Phi) is 5.78. The minimum Gasteiger partial charge on any atom is -0.349 e. The second-order valence-corrected chi connectivity index (χ2v) is 7.63. The smallest absolute Gasteiger partial charge is 0.252 e. The largest absolute Gasteiger partial charge is 0.349 e. The van der Waals surface area contributed by atoms with Crippen molar-refractivity contribution in [1.82, 2.24) is 5.32 Å². The molecule has 1 N–H and O–H groups in total. The molecule has 25 heavy (non-hydrogen) atoms. The van der Waals surface area contributed by atoms with E-state index in [-0.39, 0.29) is 11.9 Å². The van der Waals surface area contributed by atoms with Gasteiger partial charge in [0.05, 0.1) is 11.1 Å². The van der Waals surface area contributed by atoms with Crippen LogP contribution in [-0.2, 0) is 0 Å². The maximum atomic E-state index is 12.8. The summed E-state index contributed by atoms with van der Waals surface area (Å²) in [6.07, 6.45) is 4.67. The molecule has 0 spiro atoms. The molecule has 3 nitrogen and oxygen atoms in total. The standard InChI is InChI=1S/C21H22N2OS/c1-15-8-2-5-11-18(15)23-21(24)17-10-4-7-13-20(17)25-19-12-6-3-9-16(19)14-22/h3-4,6-7,9-10,12-13,15,18H,2,5,8,11H2,1H3,(H,23,24). The summed E-state index contributed by atoms with van der Waals surface area (Å²) in [6.45, 7) is 2.22. The summed E-state index contributed by atoms with van der Waals surface area (Å²) in [4.78, 5) is 14.6. The average Bonchev–Trinajstić information content (AvgIpc) is 2.64. The number of nitrogens with zero attached hydrogens (tertiary/aromatic N) is 1. The molecule has 2 aromatic carbocycles. The predicted molar refractivity (Wildman–Crippen MR) is 101 cm³/mol. The van der Waals surface area contributed by atoms with Gasteiger partial charge in [0, 0.05) is 15.8 Å². The van der Waals surface area contributed by atoms with Gasteiger partial charge in [-0.15, -0.1) is 0 Å². The van der Waals surface area contributed by atoms with E-state index in [1.807, 2.05) is 42.5 Å². The van der Waals surface area contributed by atoms with Crippen molar-refractivity contribution >= 4 is 17.7 Å². The topological polar surface area (TPSA) is 52.9 Å². The first-order valence-electron chi connectivity index (χ1n) is 8.76. The number of carbonyl (C=O) groups is 1. The first kappa shape index (κ1) is 17.6. The predicted octanol–water partition coefficient (Wildman–Crippen LogP) is 5.02. The lowest BCUT2D eigenvalue weighted by atomic mass is 9.86. The van der Waals surface area contributed by atoms with Crippen LogP contribution in [0.4, 0.5) is 0 Å². The van der Waals surface area contributed by atoms with E-state index in [1.54, 1.807) is 6.07 Å². The second kappa shape index (κ2) is 8.22. The van der Waals surface area contributed by atoms with Gasteiger partial charge in [0.2, 0.25) is 0 Å². The van der Waals surface area contributed by atoms with Crippen LogP contribution in [0.25, 0.3) is 0 Å². The number of hydrogen-bond donors (Lipinski definition) is 1. The fourth-order valence-electron chi connectivity index (χ4n) is 3.29. The molecule has 0 aromatic heterocycles. The zero-order chi connectivity index (χ0) is 17.6. The molecule has 0 aliphatic heterocycles. The van der Waals surface area contributed by atoms with Crippen molar-refractivity contribution < 1.29 is 4.79 Å². The molecule has 1 aliphatic carbocycles. The summed E-state index contributed by atoms with van der Waals surface area (Å²) in [7, 11) is 0. The van der Waals surface area contributed by atoms with Crippen LogP contribution < -0.4 is 5.32 Å². The highest BCUT2D eigenvalue weighted by Gasteiger charge is 2.24.